The number of aryl methyl sites for hydroxylation is 3. The van der Waals surface area contributed by atoms with E-state index in [0.29, 0.717) is 25.0 Å². The molecule has 0 aliphatic carbocycles. The predicted molar refractivity (Wildman–Crippen MR) is 179 cm³/mol. The first kappa shape index (κ1) is 32.7. The van der Waals surface area contributed by atoms with Crippen molar-refractivity contribution >= 4 is 51.1 Å². The summed E-state index contributed by atoms with van der Waals surface area (Å²) in [5, 5.41) is 19.0. The molecule has 46 heavy (non-hydrogen) atoms. The highest BCUT2D eigenvalue weighted by atomic mass is 16.4. The zero-order chi connectivity index (χ0) is 33.5. The first-order valence-corrected chi connectivity index (χ1v) is 15.8. The van der Waals surface area contributed by atoms with Crippen LogP contribution in [0.5, 0.6) is 0 Å². The van der Waals surface area contributed by atoms with E-state index in [0.717, 1.165) is 73.4 Å². The number of carboxylic acid groups (broad SMARTS) is 2. The van der Waals surface area contributed by atoms with Gasteiger partial charge in [-0.1, -0.05) is 13.8 Å². The third-order valence-corrected chi connectivity index (χ3v) is 9.62. The molecule has 1 amide bonds. The topological polar surface area (TPSA) is 152 Å². The first-order chi connectivity index (χ1) is 21.7. The molecule has 0 saturated carbocycles. The summed E-state index contributed by atoms with van der Waals surface area (Å²) in [7, 11) is 3.54. The zero-order valence-corrected chi connectivity index (χ0v) is 27.7. The van der Waals surface area contributed by atoms with Gasteiger partial charge in [-0.3, -0.25) is 19.4 Å². The van der Waals surface area contributed by atoms with Crippen molar-refractivity contribution in [1.82, 2.24) is 24.8 Å². The Morgan fingerprint density at radius 2 is 1.54 bits per heavy atom. The number of aromatic amines is 2. The summed E-state index contributed by atoms with van der Waals surface area (Å²) in [5.41, 5.74) is 10.4. The molecule has 0 aromatic carbocycles. The van der Waals surface area contributed by atoms with Gasteiger partial charge in [0.25, 0.3) is 0 Å². The van der Waals surface area contributed by atoms with Crippen molar-refractivity contribution in [2.24, 2.45) is 0 Å². The second-order valence-electron chi connectivity index (χ2n) is 13.0. The molecule has 0 unspecified atom stereocenters. The van der Waals surface area contributed by atoms with Crippen LogP contribution < -0.4 is 0 Å². The summed E-state index contributed by atoms with van der Waals surface area (Å²) in [6.45, 7) is 10.2. The molecule has 0 radical (unpaired) electrons. The van der Waals surface area contributed by atoms with Crippen LogP contribution in [0.4, 0.5) is 0 Å². The highest BCUT2D eigenvalue weighted by Crippen LogP contribution is 2.47. The van der Waals surface area contributed by atoms with Crippen LogP contribution in [0.3, 0.4) is 0 Å². The monoisotopic (exact) mass is 625 g/mol. The Kier molecular flexibility index (Phi) is 8.93. The van der Waals surface area contributed by atoms with Gasteiger partial charge in [0.15, 0.2) is 0 Å². The van der Waals surface area contributed by atoms with E-state index in [2.05, 4.69) is 29.9 Å². The van der Waals surface area contributed by atoms with Crippen molar-refractivity contribution in [1.29, 1.82) is 0 Å². The molecule has 8 bridgehead atoms. The molecule has 2 aliphatic rings. The van der Waals surface area contributed by atoms with Crippen LogP contribution in [0.15, 0.2) is 30.3 Å². The number of fused-ring (bicyclic) bond motifs is 8. The van der Waals surface area contributed by atoms with Crippen molar-refractivity contribution < 1.29 is 24.6 Å². The van der Waals surface area contributed by atoms with Crippen LogP contribution in [0.1, 0.15) is 98.3 Å². The number of nitrogens with one attached hydrogen (secondary N) is 2. The van der Waals surface area contributed by atoms with E-state index in [4.69, 9.17) is 9.97 Å². The maximum Gasteiger partial charge on any atom is 0.303 e. The second kappa shape index (κ2) is 12.6. The minimum Gasteiger partial charge on any atom is -0.481 e. The Hall–Kier alpha value is -4.73. The molecule has 10 nitrogen and oxygen atoms in total. The average molecular weight is 626 g/mol. The molecule has 5 heterocycles. The highest BCUT2D eigenvalue weighted by molar-refractivity contribution is 5.93. The molecular formula is C36H43N5O5. The molecule has 242 valence electrons. The predicted octanol–water partition coefficient (Wildman–Crippen LogP) is 6.67. The fourth-order valence-electron chi connectivity index (χ4n) is 6.86. The van der Waals surface area contributed by atoms with E-state index in [1.165, 1.54) is 0 Å². The zero-order valence-electron chi connectivity index (χ0n) is 27.7. The largest absolute Gasteiger partial charge is 0.481 e. The minimum atomic E-state index is -0.889. The van der Waals surface area contributed by atoms with Gasteiger partial charge in [-0.05, 0) is 98.2 Å². The smallest absolute Gasteiger partial charge is 0.303 e. The maximum absolute atomic E-state index is 13.2. The van der Waals surface area contributed by atoms with Gasteiger partial charge < -0.3 is 25.1 Å². The number of nitrogens with zero attached hydrogens (tertiary/aromatic N) is 3. The fourth-order valence-corrected chi connectivity index (χ4v) is 6.86. The van der Waals surface area contributed by atoms with Crippen molar-refractivity contribution in [3.8, 4) is 0 Å². The summed E-state index contributed by atoms with van der Waals surface area (Å²) >= 11 is 0. The van der Waals surface area contributed by atoms with Crippen molar-refractivity contribution in [3.63, 3.8) is 0 Å². The highest BCUT2D eigenvalue weighted by Gasteiger charge is 2.44. The minimum absolute atomic E-state index is 0.0294. The Morgan fingerprint density at radius 1 is 0.870 bits per heavy atom. The number of carboxylic acids is 2. The molecule has 2 atom stereocenters. The molecule has 0 fully saturated rings. The summed E-state index contributed by atoms with van der Waals surface area (Å²) in [5.74, 6) is -1.78. The van der Waals surface area contributed by atoms with Gasteiger partial charge in [0.2, 0.25) is 5.91 Å². The number of aliphatic carboxylic acids is 2. The molecule has 4 N–H and O–H groups in total. The third kappa shape index (κ3) is 6.21. The Bertz CT molecular complexity index is 1930. The standard InChI is InChI=1S/C36H43N5O5/c1-8-25-31-16-28-21(4)24(10-12-35(45)46)30(39-28)17-29-23(9-11-34(43)44)20(3)27(38-29)15-26-19(2)13-22(37-26)14-32(40-31)36(25,5)18-33(42)41(6)7/h13-17,25,37,39H,8-12,18H2,1-7H3,(H,43,44)(H,45,46)/t25-,36-/m0/s1. The summed E-state index contributed by atoms with van der Waals surface area (Å²) < 4.78 is 0. The lowest BCUT2D eigenvalue weighted by molar-refractivity contribution is -0.137. The van der Waals surface area contributed by atoms with E-state index < -0.39 is 17.4 Å². The molecular weight excluding hydrogens is 582 g/mol. The van der Waals surface area contributed by atoms with Gasteiger partial charge in [0.05, 0.1) is 11.4 Å². The van der Waals surface area contributed by atoms with Crippen LogP contribution in [0, 0.1) is 13.8 Å². The van der Waals surface area contributed by atoms with Crippen molar-refractivity contribution in [2.75, 3.05) is 14.1 Å². The Morgan fingerprint density at radius 3 is 2.20 bits per heavy atom. The summed E-state index contributed by atoms with van der Waals surface area (Å²) in [6, 6.07) is 10.0. The number of carbonyl (C=O) groups excluding carboxylic acids is 1. The van der Waals surface area contributed by atoms with Gasteiger partial charge in [0, 0.05) is 78.1 Å². The third-order valence-electron chi connectivity index (χ3n) is 9.62. The molecule has 0 spiro atoms. The average Bonchev–Trinajstić information content (AvgIpc) is 3.64. The number of aromatic nitrogens is 4. The van der Waals surface area contributed by atoms with Gasteiger partial charge in [-0.2, -0.15) is 0 Å². The lowest BCUT2D eigenvalue weighted by Crippen LogP contribution is -2.34. The Labute approximate surface area is 268 Å². The van der Waals surface area contributed by atoms with Crippen LogP contribution in [-0.2, 0) is 26.2 Å². The van der Waals surface area contributed by atoms with Crippen molar-refractivity contribution in [3.05, 3.63) is 69.8 Å². The fraction of sp³-hybridized carbons (Fsp3) is 0.417. The van der Waals surface area contributed by atoms with Crippen LogP contribution in [0.2, 0.25) is 0 Å². The normalized spacial score (nSPS) is 17.8. The van der Waals surface area contributed by atoms with Crippen LogP contribution in [0.25, 0.3) is 33.2 Å². The molecule has 3 aromatic rings. The summed E-state index contributed by atoms with van der Waals surface area (Å²) in [4.78, 5) is 55.2. The molecule has 3 aromatic heterocycles. The number of hydrogen-bond acceptors (Lipinski definition) is 5. The first-order valence-electron chi connectivity index (χ1n) is 15.8. The maximum atomic E-state index is 13.2. The van der Waals surface area contributed by atoms with E-state index in [9.17, 15) is 24.6 Å². The van der Waals surface area contributed by atoms with E-state index in [1.807, 2.05) is 45.0 Å². The molecule has 10 heteroatoms. The quantitative estimate of drug-likeness (QED) is 0.207. The summed E-state index contributed by atoms with van der Waals surface area (Å²) in [6.07, 6.45) is 1.62. The number of allylic oxidation sites excluding steroid dienone is 2. The molecule has 5 rings (SSSR count). The van der Waals surface area contributed by atoms with Crippen LogP contribution in [-0.4, -0.2) is 67.0 Å². The van der Waals surface area contributed by atoms with E-state index >= 15 is 0 Å². The van der Waals surface area contributed by atoms with E-state index in [1.54, 1.807) is 19.0 Å². The number of rotatable bonds is 9. The lowest BCUT2D eigenvalue weighted by Gasteiger charge is -2.31. The SMILES string of the molecule is CC[C@H]1c2cc3[nH]c(cc4nc(cc5[nH]c(cc(n2)[C@@]1(C)CC(=O)N(C)C)cc5C)C(C)=C4CCC(=O)O)c(CCC(=O)O)c3C. The van der Waals surface area contributed by atoms with Crippen LogP contribution >= 0.6 is 0 Å². The van der Waals surface area contributed by atoms with E-state index in [-0.39, 0.29) is 24.7 Å². The van der Waals surface area contributed by atoms with Gasteiger partial charge in [-0.25, -0.2) is 4.98 Å². The number of carbonyl (C=O) groups is 3. The Balaban J connectivity index is 1.89. The number of H-pyrrole nitrogens is 2. The molecule has 2 aliphatic heterocycles. The lowest BCUT2D eigenvalue weighted by atomic mass is 9.71. The second-order valence-corrected chi connectivity index (χ2v) is 13.0. The number of hydrogen-bond donors (Lipinski definition) is 4. The van der Waals surface area contributed by atoms with Gasteiger partial charge in [0.1, 0.15) is 0 Å². The van der Waals surface area contributed by atoms with Crippen molar-refractivity contribution in [2.45, 2.75) is 84.5 Å². The van der Waals surface area contributed by atoms with Gasteiger partial charge in [-0.15, -0.1) is 0 Å². The molecule has 0 saturated heterocycles. The van der Waals surface area contributed by atoms with Gasteiger partial charge >= 0.3 is 11.9 Å². The number of amides is 1.